The van der Waals surface area contributed by atoms with E-state index in [1.807, 2.05) is 36.9 Å². The number of aryl methyl sites for hydroxylation is 1. The molecule has 0 spiro atoms. The minimum Gasteiger partial charge on any atom is -0.339 e. The van der Waals surface area contributed by atoms with Crippen LogP contribution in [0.15, 0.2) is 42.5 Å². The lowest BCUT2D eigenvalue weighted by Gasteiger charge is -2.35. The molecule has 2 aliphatic heterocycles. The summed E-state index contributed by atoms with van der Waals surface area (Å²) in [4.78, 5) is 43.9. The van der Waals surface area contributed by atoms with Gasteiger partial charge in [0.1, 0.15) is 5.92 Å². The van der Waals surface area contributed by atoms with Crippen molar-refractivity contribution in [3.8, 4) is 0 Å². The molecular weight excluding hydrogens is 440 g/mol. The molecule has 2 fully saturated rings. The monoisotopic (exact) mass is 468 g/mol. The normalized spacial score (nSPS) is 19.1. The van der Waals surface area contributed by atoms with Crippen LogP contribution in [-0.2, 0) is 14.4 Å². The molecule has 2 aromatic carbocycles. The molecule has 0 saturated carbocycles. The van der Waals surface area contributed by atoms with Crippen LogP contribution < -0.4 is 10.2 Å². The molecule has 0 radical (unpaired) electrons. The Balaban J connectivity index is 1.27. The predicted octanol–water partition coefficient (Wildman–Crippen LogP) is 3.09. The van der Waals surface area contributed by atoms with E-state index in [9.17, 15) is 14.4 Å². The number of halogens is 1. The summed E-state index contributed by atoms with van der Waals surface area (Å²) in [7, 11) is 0. The van der Waals surface area contributed by atoms with Gasteiger partial charge in [-0.05, 0) is 61.7 Å². The van der Waals surface area contributed by atoms with E-state index in [1.54, 1.807) is 34.1 Å². The Labute approximate surface area is 199 Å². The maximum absolute atomic E-state index is 13.0. The molecule has 0 bridgehead atoms. The van der Waals surface area contributed by atoms with Crippen LogP contribution in [0.3, 0.4) is 0 Å². The summed E-state index contributed by atoms with van der Waals surface area (Å²) in [6, 6.07) is 12.9. The van der Waals surface area contributed by atoms with E-state index in [2.05, 4.69) is 5.32 Å². The third-order valence-corrected chi connectivity index (χ3v) is 6.82. The Kier molecular flexibility index (Phi) is 7.00. The maximum Gasteiger partial charge on any atom is 0.239 e. The zero-order valence-electron chi connectivity index (χ0n) is 19.0. The van der Waals surface area contributed by atoms with Crippen molar-refractivity contribution < 1.29 is 14.4 Å². The molecule has 2 aliphatic rings. The van der Waals surface area contributed by atoms with Gasteiger partial charge < -0.3 is 15.1 Å². The highest BCUT2D eigenvalue weighted by molar-refractivity contribution is 6.30. The van der Waals surface area contributed by atoms with Gasteiger partial charge in [0.2, 0.25) is 17.7 Å². The summed E-state index contributed by atoms with van der Waals surface area (Å²) in [5.74, 6) is -0.971. The second-order valence-corrected chi connectivity index (χ2v) is 9.14. The number of rotatable bonds is 5. The fourth-order valence-corrected chi connectivity index (χ4v) is 4.54. The van der Waals surface area contributed by atoms with Crippen LogP contribution in [-0.4, -0.2) is 66.8 Å². The lowest BCUT2D eigenvalue weighted by Crippen LogP contribution is -2.52. The van der Waals surface area contributed by atoms with Gasteiger partial charge in [0.05, 0.1) is 6.54 Å². The van der Waals surface area contributed by atoms with Crippen molar-refractivity contribution in [2.45, 2.75) is 20.3 Å². The number of piperazine rings is 1. The van der Waals surface area contributed by atoms with E-state index in [-0.39, 0.29) is 24.3 Å². The molecule has 33 heavy (non-hydrogen) atoms. The first-order chi connectivity index (χ1) is 15.8. The molecule has 2 heterocycles. The van der Waals surface area contributed by atoms with Gasteiger partial charge in [0.15, 0.2) is 0 Å². The maximum atomic E-state index is 13.0. The van der Waals surface area contributed by atoms with Crippen molar-refractivity contribution in [2.24, 2.45) is 5.92 Å². The van der Waals surface area contributed by atoms with Crippen molar-refractivity contribution in [1.82, 2.24) is 9.80 Å². The van der Waals surface area contributed by atoms with Gasteiger partial charge in [0.25, 0.3) is 0 Å². The van der Waals surface area contributed by atoms with E-state index < -0.39 is 5.92 Å². The van der Waals surface area contributed by atoms with Crippen molar-refractivity contribution >= 4 is 40.7 Å². The number of carbonyl (C=O) groups excluding carboxylic acids is 3. The van der Waals surface area contributed by atoms with Crippen LogP contribution in [0.2, 0.25) is 5.02 Å². The quantitative estimate of drug-likeness (QED) is 0.684. The topological polar surface area (TPSA) is 73.0 Å². The van der Waals surface area contributed by atoms with Crippen molar-refractivity contribution in [2.75, 3.05) is 49.5 Å². The smallest absolute Gasteiger partial charge is 0.239 e. The fraction of sp³-hybridized carbons (Fsp3) is 0.400. The summed E-state index contributed by atoms with van der Waals surface area (Å²) in [5, 5.41) is 3.60. The zero-order chi connectivity index (χ0) is 23.5. The molecule has 7 nitrogen and oxygen atoms in total. The predicted molar refractivity (Wildman–Crippen MR) is 129 cm³/mol. The molecule has 1 N–H and O–H groups in total. The highest BCUT2D eigenvalue weighted by atomic mass is 35.5. The first-order valence-corrected chi connectivity index (χ1v) is 11.7. The average molecular weight is 469 g/mol. The molecule has 4 rings (SSSR count). The standard InChI is InChI=1S/C25H29ClN4O3/c1-17-4-3-5-22(18(17)2)27-23(31)16-28-12-14-29(15-13-28)24(32)21-10-11-30(25(21)33)20-8-6-19(26)7-9-20/h3-9,21H,10-16H2,1-2H3,(H,27,31). The minimum absolute atomic E-state index is 0.0620. The van der Waals surface area contributed by atoms with E-state index in [4.69, 9.17) is 11.6 Å². The minimum atomic E-state index is -0.639. The number of benzene rings is 2. The fourth-order valence-electron chi connectivity index (χ4n) is 4.41. The first-order valence-electron chi connectivity index (χ1n) is 11.3. The van der Waals surface area contributed by atoms with Crippen molar-refractivity contribution in [3.63, 3.8) is 0 Å². The Morgan fingerprint density at radius 3 is 2.39 bits per heavy atom. The lowest BCUT2D eigenvalue weighted by atomic mass is 10.1. The largest absolute Gasteiger partial charge is 0.339 e. The summed E-state index contributed by atoms with van der Waals surface area (Å²) in [5.41, 5.74) is 3.80. The molecule has 3 amide bonds. The zero-order valence-corrected chi connectivity index (χ0v) is 19.8. The molecule has 0 aromatic heterocycles. The van der Waals surface area contributed by atoms with E-state index in [0.29, 0.717) is 44.2 Å². The molecular formula is C25H29ClN4O3. The van der Waals surface area contributed by atoms with Gasteiger partial charge in [-0.2, -0.15) is 0 Å². The van der Waals surface area contributed by atoms with E-state index in [0.717, 1.165) is 22.5 Å². The van der Waals surface area contributed by atoms with Crippen molar-refractivity contribution in [3.05, 3.63) is 58.6 Å². The number of amides is 3. The summed E-state index contributed by atoms with van der Waals surface area (Å²) < 4.78 is 0. The number of nitrogens with one attached hydrogen (secondary N) is 1. The lowest BCUT2D eigenvalue weighted by molar-refractivity contribution is -0.141. The number of carbonyl (C=O) groups is 3. The SMILES string of the molecule is Cc1cccc(NC(=O)CN2CCN(C(=O)C3CCN(c4ccc(Cl)cc4)C3=O)CC2)c1C. The van der Waals surface area contributed by atoms with Gasteiger partial charge >= 0.3 is 0 Å². The molecule has 1 unspecified atom stereocenters. The second kappa shape index (κ2) is 9.93. The summed E-state index contributed by atoms with van der Waals surface area (Å²) in [6.45, 7) is 7.05. The van der Waals surface area contributed by atoms with Crippen LogP contribution in [0, 0.1) is 19.8 Å². The van der Waals surface area contributed by atoms with Crippen LogP contribution in [0.5, 0.6) is 0 Å². The second-order valence-electron chi connectivity index (χ2n) is 8.70. The molecule has 8 heteroatoms. The number of anilines is 2. The highest BCUT2D eigenvalue weighted by Gasteiger charge is 2.40. The van der Waals surface area contributed by atoms with E-state index in [1.165, 1.54) is 0 Å². The highest BCUT2D eigenvalue weighted by Crippen LogP contribution is 2.28. The number of hydrogen-bond acceptors (Lipinski definition) is 4. The number of nitrogens with zero attached hydrogens (tertiary/aromatic N) is 3. The van der Waals surface area contributed by atoms with Crippen molar-refractivity contribution in [1.29, 1.82) is 0 Å². The van der Waals surface area contributed by atoms with Gasteiger partial charge in [-0.25, -0.2) is 0 Å². The molecule has 1 atom stereocenters. The van der Waals surface area contributed by atoms with Crippen LogP contribution in [0.4, 0.5) is 11.4 Å². The van der Waals surface area contributed by atoms with E-state index >= 15 is 0 Å². The third-order valence-electron chi connectivity index (χ3n) is 6.57. The third kappa shape index (κ3) is 5.20. The molecule has 0 aliphatic carbocycles. The molecule has 2 saturated heterocycles. The summed E-state index contributed by atoms with van der Waals surface area (Å²) >= 11 is 5.94. The van der Waals surface area contributed by atoms with Crippen LogP contribution in [0.25, 0.3) is 0 Å². The molecule has 2 aromatic rings. The Morgan fingerprint density at radius 2 is 1.70 bits per heavy atom. The van der Waals surface area contributed by atoms with Gasteiger partial charge in [-0.3, -0.25) is 19.3 Å². The Bertz CT molecular complexity index is 1050. The average Bonchev–Trinajstić information content (AvgIpc) is 3.18. The van der Waals surface area contributed by atoms with Crippen LogP contribution in [0.1, 0.15) is 17.5 Å². The van der Waals surface area contributed by atoms with Gasteiger partial charge in [0, 0.05) is 49.1 Å². The number of hydrogen-bond donors (Lipinski definition) is 1. The Hall–Kier alpha value is -2.90. The van der Waals surface area contributed by atoms with Gasteiger partial charge in [-0.15, -0.1) is 0 Å². The molecule has 174 valence electrons. The summed E-state index contributed by atoms with van der Waals surface area (Å²) in [6.07, 6.45) is 0.513. The van der Waals surface area contributed by atoms with Crippen LogP contribution >= 0.6 is 11.6 Å². The van der Waals surface area contributed by atoms with Gasteiger partial charge in [-0.1, -0.05) is 23.7 Å². The first kappa shape index (κ1) is 23.3. The Morgan fingerprint density at radius 1 is 1.00 bits per heavy atom.